The molecule has 1 aromatic carbocycles. The summed E-state index contributed by atoms with van der Waals surface area (Å²) in [6.45, 7) is 3.80. The summed E-state index contributed by atoms with van der Waals surface area (Å²) in [6.07, 6.45) is 0. The molecule has 0 amide bonds. The monoisotopic (exact) mass is 235 g/mol. The predicted octanol–water partition coefficient (Wildman–Crippen LogP) is 0.774. The third kappa shape index (κ3) is 2.70. The number of rotatable bonds is 3. The minimum absolute atomic E-state index is 0.390. The van der Waals surface area contributed by atoms with Crippen molar-refractivity contribution < 1.29 is 4.74 Å². The van der Waals surface area contributed by atoms with Crippen molar-refractivity contribution in [1.82, 2.24) is 4.90 Å². The minimum atomic E-state index is 0.390. The number of nitrogens with two attached hydrogens (primary N) is 1. The summed E-state index contributed by atoms with van der Waals surface area (Å²) < 4.78 is 5.27. The van der Waals surface area contributed by atoms with Crippen LogP contribution < -0.4 is 15.4 Å². The van der Waals surface area contributed by atoms with Crippen LogP contribution in [0, 0.1) is 0 Å². The van der Waals surface area contributed by atoms with E-state index in [1.807, 2.05) is 12.1 Å². The highest BCUT2D eigenvalue weighted by Crippen LogP contribution is 2.24. The summed E-state index contributed by atoms with van der Waals surface area (Å²) in [5.41, 5.74) is 7.07. The van der Waals surface area contributed by atoms with Gasteiger partial charge in [0.25, 0.3) is 0 Å². The van der Waals surface area contributed by atoms with E-state index in [9.17, 15) is 0 Å². The Morgan fingerprint density at radius 1 is 1.41 bits per heavy atom. The molecule has 0 bridgehead atoms. The van der Waals surface area contributed by atoms with E-state index in [0.29, 0.717) is 12.6 Å². The Labute approximate surface area is 103 Å². The average Bonchev–Trinajstić information content (AvgIpc) is 2.38. The molecule has 2 N–H and O–H groups in total. The maximum atomic E-state index is 5.86. The lowest BCUT2D eigenvalue weighted by molar-refractivity contribution is 0.269. The van der Waals surface area contributed by atoms with E-state index < -0.39 is 0 Å². The van der Waals surface area contributed by atoms with Gasteiger partial charge in [-0.3, -0.25) is 0 Å². The first kappa shape index (κ1) is 12.2. The van der Waals surface area contributed by atoms with Crippen LogP contribution in [0.1, 0.15) is 0 Å². The standard InChI is InChI=1S/C13H21N3O/c1-15-6-7-16(12(9-14)10-15)11-4-3-5-13(8-11)17-2/h3-5,8,12H,6-7,9-10,14H2,1-2H3. The van der Waals surface area contributed by atoms with E-state index in [2.05, 4.69) is 29.0 Å². The highest BCUT2D eigenvalue weighted by atomic mass is 16.5. The quantitative estimate of drug-likeness (QED) is 0.840. The molecular weight excluding hydrogens is 214 g/mol. The molecule has 0 spiro atoms. The second-order valence-corrected chi connectivity index (χ2v) is 4.55. The van der Waals surface area contributed by atoms with E-state index in [0.717, 1.165) is 25.4 Å². The van der Waals surface area contributed by atoms with E-state index in [4.69, 9.17) is 10.5 Å². The van der Waals surface area contributed by atoms with Crippen LogP contribution in [-0.4, -0.2) is 51.3 Å². The Hall–Kier alpha value is -1.26. The minimum Gasteiger partial charge on any atom is -0.497 e. The summed E-state index contributed by atoms with van der Waals surface area (Å²) in [5, 5.41) is 0. The Morgan fingerprint density at radius 3 is 2.94 bits per heavy atom. The number of hydrogen-bond donors (Lipinski definition) is 1. The fraction of sp³-hybridized carbons (Fsp3) is 0.538. The SMILES string of the molecule is COc1cccc(N2CCN(C)CC2CN)c1. The number of likely N-dealkylation sites (N-methyl/N-ethyl adjacent to an activating group) is 1. The number of ether oxygens (including phenoxy) is 1. The van der Waals surface area contributed by atoms with Crippen LogP contribution in [0.4, 0.5) is 5.69 Å². The molecule has 0 radical (unpaired) electrons. The normalized spacial score (nSPS) is 21.6. The lowest BCUT2D eigenvalue weighted by atomic mass is 10.1. The van der Waals surface area contributed by atoms with Crippen molar-refractivity contribution in [1.29, 1.82) is 0 Å². The topological polar surface area (TPSA) is 41.7 Å². The zero-order chi connectivity index (χ0) is 12.3. The van der Waals surface area contributed by atoms with Crippen molar-refractivity contribution in [2.24, 2.45) is 5.73 Å². The summed E-state index contributed by atoms with van der Waals surface area (Å²) >= 11 is 0. The zero-order valence-electron chi connectivity index (χ0n) is 10.6. The van der Waals surface area contributed by atoms with Crippen molar-refractivity contribution >= 4 is 5.69 Å². The van der Waals surface area contributed by atoms with Crippen LogP contribution in [-0.2, 0) is 0 Å². The fourth-order valence-corrected chi connectivity index (χ4v) is 2.34. The molecule has 1 fully saturated rings. The molecule has 1 saturated heterocycles. The van der Waals surface area contributed by atoms with Crippen LogP contribution in [0.2, 0.25) is 0 Å². The largest absolute Gasteiger partial charge is 0.497 e. The fourth-order valence-electron chi connectivity index (χ4n) is 2.34. The van der Waals surface area contributed by atoms with Crippen LogP contribution in [0.15, 0.2) is 24.3 Å². The van der Waals surface area contributed by atoms with Gasteiger partial charge in [-0.05, 0) is 19.2 Å². The van der Waals surface area contributed by atoms with E-state index in [1.165, 1.54) is 5.69 Å². The van der Waals surface area contributed by atoms with Crippen molar-refractivity contribution in [2.45, 2.75) is 6.04 Å². The maximum Gasteiger partial charge on any atom is 0.120 e. The first-order valence-electron chi connectivity index (χ1n) is 6.04. The van der Waals surface area contributed by atoms with Gasteiger partial charge in [0, 0.05) is 37.9 Å². The maximum absolute atomic E-state index is 5.86. The van der Waals surface area contributed by atoms with Crippen molar-refractivity contribution in [3.63, 3.8) is 0 Å². The van der Waals surface area contributed by atoms with E-state index >= 15 is 0 Å². The van der Waals surface area contributed by atoms with Gasteiger partial charge >= 0.3 is 0 Å². The van der Waals surface area contributed by atoms with Gasteiger partial charge in [-0.15, -0.1) is 0 Å². The van der Waals surface area contributed by atoms with Gasteiger partial charge in [0.15, 0.2) is 0 Å². The van der Waals surface area contributed by atoms with Crippen LogP contribution in [0.3, 0.4) is 0 Å². The molecule has 0 aliphatic carbocycles. The van der Waals surface area contributed by atoms with Gasteiger partial charge in [-0.2, -0.15) is 0 Å². The molecule has 4 nitrogen and oxygen atoms in total. The molecule has 2 rings (SSSR count). The van der Waals surface area contributed by atoms with Gasteiger partial charge in [0.05, 0.1) is 13.2 Å². The molecule has 1 heterocycles. The number of methoxy groups -OCH3 is 1. The summed E-state index contributed by atoms with van der Waals surface area (Å²) in [4.78, 5) is 4.71. The number of benzene rings is 1. The number of nitrogens with zero attached hydrogens (tertiary/aromatic N) is 2. The molecule has 1 aliphatic rings. The second kappa shape index (κ2) is 5.38. The second-order valence-electron chi connectivity index (χ2n) is 4.55. The van der Waals surface area contributed by atoms with Gasteiger partial charge in [-0.1, -0.05) is 6.07 Å². The summed E-state index contributed by atoms with van der Waals surface area (Å²) in [5.74, 6) is 0.900. The number of hydrogen-bond acceptors (Lipinski definition) is 4. The van der Waals surface area contributed by atoms with Gasteiger partial charge in [0.1, 0.15) is 5.75 Å². The predicted molar refractivity (Wildman–Crippen MR) is 70.7 cm³/mol. The Balaban J connectivity index is 2.19. The van der Waals surface area contributed by atoms with Gasteiger partial charge in [0.2, 0.25) is 0 Å². The number of anilines is 1. The lowest BCUT2D eigenvalue weighted by Crippen LogP contribution is -2.55. The van der Waals surface area contributed by atoms with Crippen molar-refractivity contribution in [2.75, 3.05) is 45.2 Å². The van der Waals surface area contributed by atoms with Crippen LogP contribution in [0.5, 0.6) is 5.75 Å². The molecule has 0 saturated carbocycles. The molecule has 1 aliphatic heterocycles. The summed E-state index contributed by atoms with van der Waals surface area (Å²) in [7, 11) is 3.84. The van der Waals surface area contributed by atoms with Crippen molar-refractivity contribution in [3.05, 3.63) is 24.3 Å². The Kier molecular flexibility index (Phi) is 3.86. The molecule has 1 atom stereocenters. The van der Waals surface area contributed by atoms with Gasteiger partial charge < -0.3 is 20.3 Å². The third-order valence-electron chi connectivity index (χ3n) is 3.34. The van der Waals surface area contributed by atoms with E-state index in [1.54, 1.807) is 7.11 Å². The smallest absolute Gasteiger partial charge is 0.120 e. The van der Waals surface area contributed by atoms with Gasteiger partial charge in [-0.25, -0.2) is 0 Å². The van der Waals surface area contributed by atoms with Crippen LogP contribution >= 0.6 is 0 Å². The number of piperazine rings is 1. The first-order valence-corrected chi connectivity index (χ1v) is 6.04. The van der Waals surface area contributed by atoms with E-state index in [-0.39, 0.29) is 0 Å². The molecule has 1 aromatic rings. The Morgan fingerprint density at radius 2 is 2.24 bits per heavy atom. The van der Waals surface area contributed by atoms with Crippen LogP contribution in [0.25, 0.3) is 0 Å². The van der Waals surface area contributed by atoms with Crippen molar-refractivity contribution in [3.8, 4) is 5.75 Å². The highest BCUT2D eigenvalue weighted by Gasteiger charge is 2.24. The third-order valence-corrected chi connectivity index (χ3v) is 3.34. The molecular formula is C13H21N3O. The molecule has 17 heavy (non-hydrogen) atoms. The molecule has 4 heteroatoms. The zero-order valence-corrected chi connectivity index (χ0v) is 10.6. The Bertz CT molecular complexity index is 369. The summed E-state index contributed by atoms with van der Waals surface area (Å²) in [6, 6.07) is 8.59. The average molecular weight is 235 g/mol. The molecule has 94 valence electrons. The lowest BCUT2D eigenvalue weighted by Gasteiger charge is -2.41. The molecule has 1 unspecified atom stereocenters. The highest BCUT2D eigenvalue weighted by molar-refractivity contribution is 5.52. The first-order chi connectivity index (χ1) is 8.24. The molecule has 0 aromatic heterocycles.